The van der Waals surface area contributed by atoms with Crippen molar-refractivity contribution in [1.82, 2.24) is 10.3 Å². The van der Waals surface area contributed by atoms with Crippen LogP contribution in [-0.2, 0) is 20.8 Å². The van der Waals surface area contributed by atoms with Crippen LogP contribution < -0.4 is 5.32 Å². The molecule has 23 heavy (non-hydrogen) atoms. The largest absolute Gasteiger partial charge is 0.459 e. The first-order valence-corrected chi connectivity index (χ1v) is 7.72. The number of rotatable bonds is 9. The van der Waals surface area contributed by atoms with Gasteiger partial charge in [0.15, 0.2) is 5.57 Å². The Morgan fingerprint density at radius 3 is 2.74 bits per heavy atom. The van der Waals surface area contributed by atoms with Gasteiger partial charge in [-0.1, -0.05) is 24.6 Å². The van der Waals surface area contributed by atoms with Gasteiger partial charge in [-0.25, -0.2) is 9.78 Å². The highest BCUT2D eigenvalue weighted by Gasteiger charge is 2.16. The summed E-state index contributed by atoms with van der Waals surface area (Å²) in [5, 5.41) is 12.7. The molecule has 0 aliphatic carbocycles. The molecule has 0 atom stereocenters. The molecule has 0 amide bonds. The van der Waals surface area contributed by atoms with Crippen LogP contribution in [0.4, 0.5) is 0 Å². The minimum absolute atomic E-state index is 0.0223. The second kappa shape index (κ2) is 10.6. The number of halogens is 1. The van der Waals surface area contributed by atoms with Crippen LogP contribution in [0.2, 0.25) is 5.15 Å². The number of esters is 1. The molecule has 0 radical (unpaired) electrons. The van der Waals surface area contributed by atoms with E-state index < -0.39 is 5.97 Å². The zero-order valence-electron chi connectivity index (χ0n) is 13.3. The third kappa shape index (κ3) is 6.68. The summed E-state index contributed by atoms with van der Waals surface area (Å²) in [5.41, 5.74) is 1.40. The molecule has 0 saturated carbocycles. The van der Waals surface area contributed by atoms with Gasteiger partial charge in [-0.05, 0) is 25.0 Å². The molecule has 0 aliphatic rings. The topological polar surface area (TPSA) is 84.2 Å². The van der Waals surface area contributed by atoms with Gasteiger partial charge in [0.25, 0.3) is 0 Å². The average Bonchev–Trinajstić information content (AvgIpc) is 2.56. The van der Waals surface area contributed by atoms with E-state index in [-0.39, 0.29) is 12.2 Å². The van der Waals surface area contributed by atoms with Gasteiger partial charge in [0, 0.05) is 25.0 Å². The summed E-state index contributed by atoms with van der Waals surface area (Å²) in [6.45, 7) is 5.13. The number of carbonyl (C=O) groups excluding carboxylic acids is 1. The lowest BCUT2D eigenvalue weighted by Gasteiger charge is -2.12. The van der Waals surface area contributed by atoms with Gasteiger partial charge in [0.1, 0.15) is 17.8 Å². The number of ether oxygens (including phenoxy) is 2. The summed E-state index contributed by atoms with van der Waals surface area (Å²) in [4.78, 5) is 15.9. The fourth-order valence-electron chi connectivity index (χ4n) is 1.76. The number of nitrogens with zero attached hydrogens (tertiary/aromatic N) is 2. The van der Waals surface area contributed by atoms with E-state index in [1.807, 2.05) is 26.0 Å². The SMILES string of the molecule is CCOCCOC(=O)/C(C#N)=C(/CC)NCc1ccc(Cl)nc1. The molecule has 0 saturated heterocycles. The van der Waals surface area contributed by atoms with E-state index in [9.17, 15) is 10.1 Å². The lowest BCUT2D eigenvalue weighted by atomic mass is 10.1. The molecule has 1 rings (SSSR count). The zero-order chi connectivity index (χ0) is 17.1. The maximum Gasteiger partial charge on any atom is 0.350 e. The highest BCUT2D eigenvalue weighted by Crippen LogP contribution is 2.10. The van der Waals surface area contributed by atoms with Gasteiger partial charge in [-0.2, -0.15) is 5.26 Å². The first-order chi connectivity index (χ1) is 11.1. The van der Waals surface area contributed by atoms with Gasteiger partial charge in [-0.3, -0.25) is 0 Å². The summed E-state index contributed by atoms with van der Waals surface area (Å²) in [7, 11) is 0. The Morgan fingerprint density at radius 1 is 1.39 bits per heavy atom. The Balaban J connectivity index is 2.68. The molecule has 0 aromatic carbocycles. The second-order valence-corrected chi connectivity index (χ2v) is 4.88. The van der Waals surface area contributed by atoms with E-state index in [2.05, 4.69) is 10.3 Å². The Morgan fingerprint density at radius 2 is 2.17 bits per heavy atom. The molecule has 0 aliphatic heterocycles. The zero-order valence-corrected chi connectivity index (χ0v) is 14.0. The van der Waals surface area contributed by atoms with Crippen LogP contribution >= 0.6 is 11.6 Å². The number of pyridine rings is 1. The Kier molecular flexibility index (Phi) is 8.73. The molecule has 1 N–H and O–H groups in total. The van der Waals surface area contributed by atoms with Crippen LogP contribution in [-0.4, -0.2) is 30.8 Å². The maximum absolute atomic E-state index is 12.0. The van der Waals surface area contributed by atoms with Gasteiger partial charge in [0.2, 0.25) is 0 Å². The molecular formula is C16H20ClN3O3. The molecule has 0 unspecified atom stereocenters. The molecule has 6 nitrogen and oxygen atoms in total. The van der Waals surface area contributed by atoms with E-state index in [1.165, 1.54) is 0 Å². The van der Waals surface area contributed by atoms with Crippen LogP contribution in [0.5, 0.6) is 0 Å². The van der Waals surface area contributed by atoms with E-state index in [1.54, 1.807) is 12.3 Å². The fraction of sp³-hybridized carbons (Fsp3) is 0.438. The monoisotopic (exact) mass is 337 g/mol. The number of nitriles is 1. The van der Waals surface area contributed by atoms with Crippen molar-refractivity contribution in [3.63, 3.8) is 0 Å². The normalized spacial score (nSPS) is 11.4. The summed E-state index contributed by atoms with van der Waals surface area (Å²) >= 11 is 5.73. The van der Waals surface area contributed by atoms with Crippen LogP contribution in [0.15, 0.2) is 29.6 Å². The summed E-state index contributed by atoms with van der Waals surface area (Å²) in [6.07, 6.45) is 2.14. The lowest BCUT2D eigenvalue weighted by Crippen LogP contribution is -2.20. The summed E-state index contributed by atoms with van der Waals surface area (Å²) < 4.78 is 10.1. The van der Waals surface area contributed by atoms with Crippen LogP contribution in [0.25, 0.3) is 0 Å². The number of carbonyl (C=O) groups is 1. The summed E-state index contributed by atoms with van der Waals surface area (Å²) in [5.74, 6) is -0.647. The predicted molar refractivity (Wildman–Crippen MR) is 86.5 cm³/mol. The molecule has 7 heteroatoms. The third-order valence-corrected chi connectivity index (χ3v) is 3.15. The summed E-state index contributed by atoms with van der Waals surface area (Å²) in [6, 6.07) is 5.41. The number of allylic oxidation sites excluding steroid dienone is 1. The fourth-order valence-corrected chi connectivity index (χ4v) is 1.87. The molecule has 0 spiro atoms. The van der Waals surface area contributed by atoms with E-state index >= 15 is 0 Å². The van der Waals surface area contributed by atoms with Crippen LogP contribution in [0.1, 0.15) is 25.8 Å². The quantitative estimate of drug-likeness (QED) is 0.245. The second-order valence-electron chi connectivity index (χ2n) is 4.49. The standard InChI is InChI=1S/C16H20ClN3O3/c1-3-14(19-10-12-5-6-15(17)20-11-12)13(9-18)16(21)23-8-7-22-4-2/h5-6,11,19H,3-4,7-8,10H2,1-2H3/b14-13-. The molecule has 0 fully saturated rings. The number of nitrogens with one attached hydrogen (secondary N) is 1. The van der Waals surface area contributed by atoms with Gasteiger partial charge in [-0.15, -0.1) is 0 Å². The first kappa shape index (κ1) is 18.9. The molecule has 124 valence electrons. The van der Waals surface area contributed by atoms with Crippen molar-refractivity contribution >= 4 is 17.6 Å². The van der Waals surface area contributed by atoms with E-state index in [0.717, 1.165) is 5.56 Å². The predicted octanol–water partition coefficient (Wildman–Crippen LogP) is 2.59. The Labute approximate surface area is 141 Å². The smallest absolute Gasteiger partial charge is 0.350 e. The highest BCUT2D eigenvalue weighted by molar-refractivity contribution is 6.29. The number of hydrogen-bond acceptors (Lipinski definition) is 6. The third-order valence-electron chi connectivity index (χ3n) is 2.93. The Bertz CT molecular complexity index is 579. The molecule has 1 heterocycles. The van der Waals surface area contributed by atoms with Crippen LogP contribution in [0.3, 0.4) is 0 Å². The van der Waals surface area contributed by atoms with Crippen molar-refractivity contribution in [3.8, 4) is 6.07 Å². The van der Waals surface area contributed by atoms with Gasteiger partial charge < -0.3 is 14.8 Å². The van der Waals surface area contributed by atoms with Crippen molar-refractivity contribution in [2.45, 2.75) is 26.8 Å². The van der Waals surface area contributed by atoms with Crippen molar-refractivity contribution < 1.29 is 14.3 Å². The maximum atomic E-state index is 12.0. The van der Waals surface area contributed by atoms with E-state index in [0.29, 0.717) is 37.0 Å². The lowest BCUT2D eigenvalue weighted by molar-refractivity contribution is -0.140. The minimum atomic E-state index is -0.647. The van der Waals surface area contributed by atoms with Gasteiger partial charge in [0.05, 0.1) is 6.61 Å². The number of hydrogen-bond donors (Lipinski definition) is 1. The highest BCUT2D eigenvalue weighted by atomic mass is 35.5. The molecule has 1 aromatic rings. The molecular weight excluding hydrogens is 318 g/mol. The minimum Gasteiger partial charge on any atom is -0.459 e. The van der Waals surface area contributed by atoms with Crippen molar-refractivity contribution in [2.75, 3.05) is 19.8 Å². The van der Waals surface area contributed by atoms with Crippen LogP contribution in [0, 0.1) is 11.3 Å². The average molecular weight is 338 g/mol. The first-order valence-electron chi connectivity index (χ1n) is 7.34. The number of aromatic nitrogens is 1. The van der Waals surface area contributed by atoms with E-state index in [4.69, 9.17) is 21.1 Å². The van der Waals surface area contributed by atoms with Crippen molar-refractivity contribution in [2.24, 2.45) is 0 Å². The molecule has 0 bridgehead atoms. The molecule has 1 aromatic heterocycles. The van der Waals surface area contributed by atoms with Crippen molar-refractivity contribution in [1.29, 1.82) is 5.26 Å². The van der Waals surface area contributed by atoms with Gasteiger partial charge >= 0.3 is 5.97 Å². The van der Waals surface area contributed by atoms with Crippen molar-refractivity contribution in [3.05, 3.63) is 40.3 Å². The Hall–Kier alpha value is -2.10.